The maximum atomic E-state index is 5.87. The first-order chi connectivity index (χ1) is 9.28. The van der Waals surface area contributed by atoms with Crippen LogP contribution < -0.4 is 10.1 Å². The predicted molar refractivity (Wildman–Crippen MR) is 79.9 cm³/mol. The fourth-order valence-corrected chi connectivity index (χ4v) is 2.58. The van der Waals surface area contributed by atoms with Crippen molar-refractivity contribution in [1.29, 1.82) is 0 Å². The SMILES string of the molecule is CCCNCc1ccc(OCc2ccc(Cl)s2)cn1. The van der Waals surface area contributed by atoms with Gasteiger partial charge in [-0.3, -0.25) is 4.98 Å². The summed E-state index contributed by atoms with van der Waals surface area (Å²) in [6, 6.07) is 7.79. The number of nitrogens with one attached hydrogen (secondary N) is 1. The maximum Gasteiger partial charge on any atom is 0.138 e. The van der Waals surface area contributed by atoms with Gasteiger partial charge in [-0.05, 0) is 37.2 Å². The van der Waals surface area contributed by atoms with Crippen LogP contribution in [-0.4, -0.2) is 11.5 Å². The lowest BCUT2D eigenvalue weighted by molar-refractivity contribution is 0.308. The normalized spacial score (nSPS) is 10.6. The highest BCUT2D eigenvalue weighted by Gasteiger charge is 2.00. The Morgan fingerprint density at radius 3 is 2.84 bits per heavy atom. The van der Waals surface area contributed by atoms with E-state index in [1.807, 2.05) is 24.3 Å². The molecule has 1 N–H and O–H groups in total. The van der Waals surface area contributed by atoms with Gasteiger partial charge in [0.1, 0.15) is 12.4 Å². The number of hydrogen-bond donors (Lipinski definition) is 1. The van der Waals surface area contributed by atoms with E-state index in [4.69, 9.17) is 16.3 Å². The van der Waals surface area contributed by atoms with Crippen LogP contribution in [0.2, 0.25) is 4.34 Å². The molecule has 0 spiro atoms. The number of aromatic nitrogens is 1. The van der Waals surface area contributed by atoms with E-state index < -0.39 is 0 Å². The van der Waals surface area contributed by atoms with Crippen molar-refractivity contribution in [2.24, 2.45) is 0 Å². The molecule has 0 aliphatic rings. The second kappa shape index (κ2) is 7.48. The predicted octanol–water partition coefficient (Wildman–Crippen LogP) is 3.88. The van der Waals surface area contributed by atoms with Gasteiger partial charge in [-0.15, -0.1) is 11.3 Å². The Hall–Kier alpha value is -1.10. The average Bonchev–Trinajstić information content (AvgIpc) is 2.84. The molecule has 0 atom stereocenters. The molecule has 0 aliphatic carbocycles. The van der Waals surface area contributed by atoms with E-state index >= 15 is 0 Å². The van der Waals surface area contributed by atoms with Crippen molar-refractivity contribution >= 4 is 22.9 Å². The van der Waals surface area contributed by atoms with Gasteiger partial charge < -0.3 is 10.1 Å². The fourth-order valence-electron chi connectivity index (χ4n) is 1.58. The summed E-state index contributed by atoms with van der Waals surface area (Å²) in [5, 5.41) is 3.32. The van der Waals surface area contributed by atoms with Gasteiger partial charge in [0.05, 0.1) is 16.2 Å². The van der Waals surface area contributed by atoms with E-state index in [0.717, 1.165) is 40.2 Å². The van der Waals surface area contributed by atoms with Crippen LogP contribution in [0.25, 0.3) is 0 Å². The molecule has 102 valence electrons. The Labute approximate surface area is 122 Å². The minimum absolute atomic E-state index is 0.534. The highest BCUT2D eigenvalue weighted by molar-refractivity contribution is 7.16. The second-order valence-electron chi connectivity index (χ2n) is 4.16. The van der Waals surface area contributed by atoms with Crippen LogP contribution in [0.3, 0.4) is 0 Å². The van der Waals surface area contributed by atoms with Crippen molar-refractivity contribution in [1.82, 2.24) is 10.3 Å². The molecule has 2 aromatic heterocycles. The van der Waals surface area contributed by atoms with Crippen molar-refractivity contribution in [2.75, 3.05) is 6.54 Å². The number of pyridine rings is 1. The van der Waals surface area contributed by atoms with E-state index in [-0.39, 0.29) is 0 Å². The van der Waals surface area contributed by atoms with Crippen LogP contribution in [0.4, 0.5) is 0 Å². The Morgan fingerprint density at radius 2 is 2.21 bits per heavy atom. The Balaban J connectivity index is 1.81. The molecule has 2 heterocycles. The lowest BCUT2D eigenvalue weighted by Crippen LogP contribution is -2.14. The third-order valence-electron chi connectivity index (χ3n) is 2.54. The van der Waals surface area contributed by atoms with Gasteiger partial charge in [0.15, 0.2) is 0 Å². The van der Waals surface area contributed by atoms with Crippen molar-refractivity contribution in [3.8, 4) is 5.75 Å². The minimum atomic E-state index is 0.534. The van der Waals surface area contributed by atoms with Gasteiger partial charge in [-0.2, -0.15) is 0 Å². The third-order valence-corrected chi connectivity index (χ3v) is 3.75. The molecule has 2 aromatic rings. The van der Waals surface area contributed by atoms with Gasteiger partial charge in [0.25, 0.3) is 0 Å². The topological polar surface area (TPSA) is 34.1 Å². The van der Waals surface area contributed by atoms with Crippen LogP contribution in [0.15, 0.2) is 30.5 Å². The summed E-state index contributed by atoms with van der Waals surface area (Å²) in [5.41, 5.74) is 1.03. The van der Waals surface area contributed by atoms with E-state index in [9.17, 15) is 0 Å². The number of thiophene rings is 1. The number of nitrogens with zero attached hydrogens (tertiary/aromatic N) is 1. The zero-order valence-corrected chi connectivity index (χ0v) is 12.4. The summed E-state index contributed by atoms with van der Waals surface area (Å²) in [5.74, 6) is 0.781. The fraction of sp³-hybridized carbons (Fsp3) is 0.357. The maximum absolute atomic E-state index is 5.87. The molecule has 0 unspecified atom stereocenters. The highest BCUT2D eigenvalue weighted by atomic mass is 35.5. The number of hydrogen-bond acceptors (Lipinski definition) is 4. The lowest BCUT2D eigenvalue weighted by Gasteiger charge is -2.06. The van der Waals surface area contributed by atoms with Crippen LogP contribution in [0, 0.1) is 0 Å². The highest BCUT2D eigenvalue weighted by Crippen LogP contribution is 2.22. The Kier molecular flexibility index (Phi) is 5.63. The van der Waals surface area contributed by atoms with Crippen LogP contribution in [-0.2, 0) is 13.2 Å². The van der Waals surface area contributed by atoms with Gasteiger partial charge in [-0.25, -0.2) is 0 Å². The summed E-state index contributed by atoms with van der Waals surface area (Å²) in [7, 11) is 0. The molecular formula is C14H17ClN2OS. The Morgan fingerprint density at radius 1 is 1.32 bits per heavy atom. The summed E-state index contributed by atoms with van der Waals surface area (Å²) in [4.78, 5) is 5.47. The Bertz CT molecular complexity index is 498. The number of ether oxygens (including phenoxy) is 1. The van der Waals surface area contributed by atoms with E-state index in [1.54, 1.807) is 6.20 Å². The molecule has 5 heteroatoms. The molecule has 0 amide bonds. The molecule has 0 fully saturated rings. The molecular weight excluding hydrogens is 280 g/mol. The van der Waals surface area contributed by atoms with Crippen molar-refractivity contribution < 1.29 is 4.74 Å². The molecule has 0 aliphatic heterocycles. The van der Waals surface area contributed by atoms with Crippen molar-refractivity contribution in [3.63, 3.8) is 0 Å². The number of rotatable bonds is 7. The van der Waals surface area contributed by atoms with Gasteiger partial charge >= 0.3 is 0 Å². The molecule has 2 rings (SSSR count). The van der Waals surface area contributed by atoms with E-state index in [2.05, 4.69) is 17.2 Å². The van der Waals surface area contributed by atoms with Gasteiger partial charge in [0, 0.05) is 11.4 Å². The second-order valence-corrected chi connectivity index (χ2v) is 5.96. The first-order valence-corrected chi connectivity index (χ1v) is 7.50. The molecule has 19 heavy (non-hydrogen) atoms. The first kappa shape index (κ1) is 14.3. The van der Waals surface area contributed by atoms with Crippen LogP contribution in [0.1, 0.15) is 23.9 Å². The molecule has 3 nitrogen and oxygen atoms in total. The standard InChI is InChI=1S/C14H17ClN2OS/c1-2-7-16-8-11-3-4-12(9-17-11)18-10-13-5-6-14(15)19-13/h3-6,9,16H,2,7-8,10H2,1H3. The van der Waals surface area contributed by atoms with Crippen LogP contribution in [0.5, 0.6) is 5.75 Å². The molecule has 0 saturated heterocycles. The first-order valence-electron chi connectivity index (χ1n) is 6.30. The largest absolute Gasteiger partial charge is 0.486 e. The lowest BCUT2D eigenvalue weighted by atomic mass is 10.3. The summed E-state index contributed by atoms with van der Waals surface area (Å²) in [6.45, 7) is 4.49. The van der Waals surface area contributed by atoms with Gasteiger partial charge in [0.2, 0.25) is 0 Å². The monoisotopic (exact) mass is 296 g/mol. The number of halogens is 1. The quantitative estimate of drug-likeness (QED) is 0.788. The third kappa shape index (κ3) is 4.82. The summed E-state index contributed by atoms with van der Waals surface area (Å²) in [6.07, 6.45) is 2.89. The van der Waals surface area contributed by atoms with Crippen LogP contribution >= 0.6 is 22.9 Å². The molecule has 0 radical (unpaired) electrons. The van der Waals surface area contributed by atoms with E-state index in [1.165, 1.54) is 11.3 Å². The van der Waals surface area contributed by atoms with Gasteiger partial charge in [-0.1, -0.05) is 18.5 Å². The van der Waals surface area contributed by atoms with E-state index in [0.29, 0.717) is 6.61 Å². The average molecular weight is 297 g/mol. The molecule has 0 bridgehead atoms. The minimum Gasteiger partial charge on any atom is -0.486 e. The van der Waals surface area contributed by atoms with Crippen molar-refractivity contribution in [2.45, 2.75) is 26.5 Å². The summed E-state index contributed by atoms with van der Waals surface area (Å²) >= 11 is 7.40. The van der Waals surface area contributed by atoms with Crippen molar-refractivity contribution in [3.05, 3.63) is 45.4 Å². The zero-order chi connectivity index (χ0) is 13.5. The zero-order valence-electron chi connectivity index (χ0n) is 10.9. The molecule has 0 aromatic carbocycles. The molecule has 0 saturated carbocycles. The summed E-state index contributed by atoms with van der Waals surface area (Å²) < 4.78 is 6.44. The smallest absolute Gasteiger partial charge is 0.138 e.